The molecule has 1 unspecified atom stereocenters. The number of amides is 1. The Balaban J connectivity index is 1.83. The van der Waals surface area contributed by atoms with E-state index in [1.165, 1.54) is 0 Å². The molecule has 24 heavy (non-hydrogen) atoms. The van der Waals surface area contributed by atoms with Gasteiger partial charge in [0.15, 0.2) is 0 Å². The molecule has 2 aromatic carbocycles. The van der Waals surface area contributed by atoms with E-state index in [-0.39, 0.29) is 11.8 Å². The minimum Gasteiger partial charge on any atom is -0.310 e. The maximum Gasteiger partial charge on any atom is 0.226 e. The summed E-state index contributed by atoms with van der Waals surface area (Å²) >= 11 is 5.99. The van der Waals surface area contributed by atoms with E-state index in [2.05, 4.69) is 10.4 Å². The number of nitrogens with zero attached hydrogens (tertiary/aromatic N) is 2. The van der Waals surface area contributed by atoms with Crippen LogP contribution in [-0.4, -0.2) is 15.7 Å². The Morgan fingerprint density at radius 1 is 1.17 bits per heavy atom. The van der Waals surface area contributed by atoms with Crippen LogP contribution in [-0.2, 0) is 4.79 Å². The molecule has 0 saturated heterocycles. The van der Waals surface area contributed by atoms with E-state index < -0.39 is 0 Å². The van der Waals surface area contributed by atoms with E-state index in [1.807, 2.05) is 66.3 Å². The van der Waals surface area contributed by atoms with Crippen LogP contribution in [0.4, 0.5) is 5.82 Å². The van der Waals surface area contributed by atoms with Crippen molar-refractivity contribution in [3.05, 3.63) is 76.4 Å². The van der Waals surface area contributed by atoms with Gasteiger partial charge < -0.3 is 5.32 Å². The second kappa shape index (κ2) is 5.80. The third-order valence-corrected chi connectivity index (χ3v) is 4.69. The number of rotatable bonds is 2. The number of halogens is 1. The van der Waals surface area contributed by atoms with Crippen molar-refractivity contribution in [3.8, 4) is 5.69 Å². The predicted molar refractivity (Wildman–Crippen MR) is 94.8 cm³/mol. The minimum absolute atomic E-state index is 0.00205. The summed E-state index contributed by atoms with van der Waals surface area (Å²) in [5.41, 5.74) is 4.17. The van der Waals surface area contributed by atoms with Crippen LogP contribution >= 0.6 is 11.6 Å². The first kappa shape index (κ1) is 15.0. The lowest BCUT2D eigenvalue weighted by Crippen LogP contribution is -2.24. The van der Waals surface area contributed by atoms with Crippen molar-refractivity contribution in [3.63, 3.8) is 0 Å². The summed E-state index contributed by atoms with van der Waals surface area (Å²) in [7, 11) is 0. The number of aromatic nitrogens is 2. The smallest absolute Gasteiger partial charge is 0.226 e. The average molecular weight is 338 g/mol. The van der Waals surface area contributed by atoms with E-state index in [0.29, 0.717) is 11.4 Å². The summed E-state index contributed by atoms with van der Waals surface area (Å²) in [6.07, 6.45) is 2.26. The van der Waals surface area contributed by atoms with Crippen molar-refractivity contribution in [1.29, 1.82) is 0 Å². The van der Waals surface area contributed by atoms with Crippen LogP contribution in [0.2, 0.25) is 5.02 Å². The van der Waals surface area contributed by atoms with E-state index in [1.54, 1.807) is 0 Å². The van der Waals surface area contributed by atoms with Crippen molar-refractivity contribution < 1.29 is 4.79 Å². The molecule has 1 aliphatic rings. The van der Waals surface area contributed by atoms with Crippen LogP contribution < -0.4 is 5.32 Å². The molecule has 1 aromatic heterocycles. The molecular weight excluding hydrogens is 322 g/mol. The highest BCUT2D eigenvalue weighted by molar-refractivity contribution is 6.30. The molecule has 1 N–H and O–H groups in total. The van der Waals surface area contributed by atoms with Crippen molar-refractivity contribution in [2.24, 2.45) is 0 Å². The zero-order valence-corrected chi connectivity index (χ0v) is 13.9. The minimum atomic E-state index is -0.0104. The zero-order valence-electron chi connectivity index (χ0n) is 13.2. The first-order valence-electron chi connectivity index (χ1n) is 7.83. The fourth-order valence-electron chi connectivity index (χ4n) is 3.20. The number of anilines is 1. The van der Waals surface area contributed by atoms with Gasteiger partial charge in [0.1, 0.15) is 5.82 Å². The molecule has 0 saturated carbocycles. The van der Waals surface area contributed by atoms with E-state index >= 15 is 0 Å². The van der Waals surface area contributed by atoms with E-state index in [9.17, 15) is 4.79 Å². The van der Waals surface area contributed by atoms with Gasteiger partial charge in [-0.15, -0.1) is 0 Å². The van der Waals surface area contributed by atoms with Crippen molar-refractivity contribution in [1.82, 2.24) is 9.78 Å². The molecule has 3 aromatic rings. The van der Waals surface area contributed by atoms with Gasteiger partial charge in [-0.2, -0.15) is 5.10 Å². The fourth-order valence-corrected chi connectivity index (χ4v) is 3.32. The maximum absolute atomic E-state index is 12.3. The number of nitrogens with one attached hydrogen (secondary N) is 1. The SMILES string of the molecule is Cc1ccccc1-n1ncc2c1NC(=O)CC2c1ccc(Cl)cc1. The Hall–Kier alpha value is -2.59. The predicted octanol–water partition coefficient (Wildman–Crippen LogP) is 4.31. The molecule has 1 amide bonds. The molecule has 4 rings (SSSR count). The highest BCUT2D eigenvalue weighted by Gasteiger charge is 2.30. The highest BCUT2D eigenvalue weighted by atomic mass is 35.5. The third-order valence-electron chi connectivity index (χ3n) is 4.44. The van der Waals surface area contributed by atoms with Gasteiger partial charge in [0, 0.05) is 22.9 Å². The number of aryl methyl sites for hydroxylation is 1. The second-order valence-corrected chi connectivity index (χ2v) is 6.44. The monoisotopic (exact) mass is 337 g/mol. The molecule has 0 spiro atoms. The summed E-state index contributed by atoms with van der Waals surface area (Å²) in [5.74, 6) is 0.738. The number of carbonyl (C=O) groups excluding carboxylic acids is 1. The first-order chi connectivity index (χ1) is 11.6. The molecule has 0 radical (unpaired) electrons. The molecule has 4 nitrogen and oxygen atoms in total. The quantitative estimate of drug-likeness (QED) is 0.757. The molecule has 120 valence electrons. The summed E-state index contributed by atoms with van der Waals surface area (Å²) in [4.78, 5) is 12.3. The number of hydrogen-bond acceptors (Lipinski definition) is 2. The first-order valence-corrected chi connectivity index (χ1v) is 8.20. The topological polar surface area (TPSA) is 46.9 Å². The lowest BCUT2D eigenvalue weighted by atomic mass is 9.87. The highest BCUT2D eigenvalue weighted by Crippen LogP contribution is 2.38. The fraction of sp³-hybridized carbons (Fsp3) is 0.158. The molecule has 1 aliphatic heterocycles. The Morgan fingerprint density at radius 2 is 1.92 bits per heavy atom. The summed E-state index contributed by atoms with van der Waals surface area (Å²) in [5, 5.41) is 8.20. The molecule has 2 heterocycles. The van der Waals surface area contributed by atoms with Crippen molar-refractivity contribution in [2.75, 3.05) is 5.32 Å². The molecule has 0 fully saturated rings. The summed E-state index contributed by atoms with van der Waals surface area (Å²) in [6.45, 7) is 2.03. The van der Waals surface area contributed by atoms with Gasteiger partial charge in [-0.3, -0.25) is 4.79 Å². The van der Waals surface area contributed by atoms with Crippen molar-refractivity contribution >= 4 is 23.3 Å². The number of carbonyl (C=O) groups is 1. The number of benzene rings is 2. The zero-order chi connectivity index (χ0) is 16.7. The van der Waals surface area contributed by atoms with Gasteiger partial charge in [-0.25, -0.2) is 4.68 Å². The number of para-hydroxylation sites is 1. The van der Waals surface area contributed by atoms with E-state index in [4.69, 9.17) is 11.6 Å². The molecule has 0 bridgehead atoms. The van der Waals surface area contributed by atoms with Gasteiger partial charge in [-0.1, -0.05) is 41.9 Å². The Labute approximate surface area is 145 Å². The Bertz CT molecular complexity index is 915. The van der Waals surface area contributed by atoms with Crippen LogP contribution in [0.1, 0.15) is 29.0 Å². The molecule has 1 atom stereocenters. The maximum atomic E-state index is 12.3. The van der Waals surface area contributed by atoms with Gasteiger partial charge >= 0.3 is 0 Å². The standard InChI is InChI=1S/C19H16ClN3O/c1-12-4-2-3-5-17(12)23-19-16(11-21-23)15(10-18(24)22-19)13-6-8-14(20)9-7-13/h2-9,11,15H,10H2,1H3,(H,22,24). The van der Waals surface area contributed by atoms with Crippen LogP contribution in [0.25, 0.3) is 5.69 Å². The van der Waals surface area contributed by atoms with Gasteiger partial charge in [0.05, 0.1) is 11.9 Å². The average Bonchev–Trinajstić information content (AvgIpc) is 2.99. The molecule has 0 aliphatic carbocycles. The number of fused-ring (bicyclic) bond motifs is 1. The van der Waals surface area contributed by atoms with Crippen LogP contribution in [0, 0.1) is 6.92 Å². The third kappa shape index (κ3) is 2.49. The van der Waals surface area contributed by atoms with Crippen LogP contribution in [0.5, 0.6) is 0 Å². The van der Waals surface area contributed by atoms with Gasteiger partial charge in [-0.05, 0) is 36.2 Å². The normalized spacial score (nSPS) is 16.6. The Kier molecular flexibility index (Phi) is 3.62. The van der Waals surface area contributed by atoms with Gasteiger partial charge in [0.2, 0.25) is 5.91 Å². The number of hydrogen-bond donors (Lipinski definition) is 1. The second-order valence-electron chi connectivity index (χ2n) is 6.00. The van der Waals surface area contributed by atoms with Crippen LogP contribution in [0.15, 0.2) is 54.7 Å². The summed E-state index contributed by atoms with van der Waals surface area (Å²) < 4.78 is 1.81. The Morgan fingerprint density at radius 3 is 2.67 bits per heavy atom. The lowest BCUT2D eigenvalue weighted by Gasteiger charge is -2.24. The van der Waals surface area contributed by atoms with Crippen molar-refractivity contribution in [2.45, 2.75) is 19.3 Å². The summed E-state index contributed by atoms with van der Waals surface area (Å²) in [6, 6.07) is 15.7. The van der Waals surface area contributed by atoms with E-state index in [0.717, 1.165) is 28.2 Å². The largest absolute Gasteiger partial charge is 0.310 e. The van der Waals surface area contributed by atoms with Gasteiger partial charge in [0.25, 0.3) is 0 Å². The lowest BCUT2D eigenvalue weighted by molar-refractivity contribution is -0.116. The molecule has 5 heteroatoms. The van der Waals surface area contributed by atoms with Crippen LogP contribution in [0.3, 0.4) is 0 Å². The molecular formula is C19H16ClN3O.